The summed E-state index contributed by atoms with van der Waals surface area (Å²) < 4.78 is 6.40. The Morgan fingerprint density at radius 2 is 2.19 bits per heavy atom. The minimum absolute atomic E-state index is 0.649. The molecular weight excluding hydrogens is 330 g/mol. The molecule has 4 nitrogen and oxygen atoms in total. The van der Waals surface area contributed by atoms with Crippen LogP contribution >= 0.6 is 15.9 Å². The van der Waals surface area contributed by atoms with Gasteiger partial charge in [0.15, 0.2) is 5.82 Å². The Morgan fingerprint density at radius 3 is 2.90 bits per heavy atom. The average molecular weight is 352 g/mol. The first kappa shape index (κ1) is 16.2. The third kappa shape index (κ3) is 5.25. The first-order valence-electron chi connectivity index (χ1n) is 7.47. The topological polar surface area (TPSA) is 64.9 Å². The van der Waals surface area contributed by atoms with E-state index in [1.165, 1.54) is 5.56 Å². The summed E-state index contributed by atoms with van der Waals surface area (Å²) in [7, 11) is 0. The molecule has 0 saturated carbocycles. The van der Waals surface area contributed by atoms with Crippen molar-refractivity contribution in [3.05, 3.63) is 46.0 Å². The number of nitrogens with two attached hydrogens (primary N) is 1. The van der Waals surface area contributed by atoms with Crippen molar-refractivity contribution in [2.24, 2.45) is 11.7 Å². The molecule has 0 saturated heterocycles. The fourth-order valence-electron chi connectivity index (χ4n) is 2.41. The van der Waals surface area contributed by atoms with Crippen LogP contribution in [0.5, 0.6) is 0 Å². The zero-order chi connectivity index (χ0) is 15.1. The van der Waals surface area contributed by atoms with E-state index >= 15 is 0 Å². The average Bonchev–Trinajstić information content (AvgIpc) is 2.91. The fourth-order valence-corrected chi connectivity index (χ4v) is 2.86. The number of nitrogens with zero attached hydrogens (tertiary/aromatic N) is 2. The number of hydrogen-bond acceptors (Lipinski definition) is 4. The van der Waals surface area contributed by atoms with Gasteiger partial charge in [0.05, 0.1) is 0 Å². The molecule has 5 heteroatoms. The second-order valence-electron chi connectivity index (χ2n) is 5.30. The van der Waals surface area contributed by atoms with Gasteiger partial charge in [-0.1, -0.05) is 46.6 Å². The van der Waals surface area contributed by atoms with Gasteiger partial charge in [-0.05, 0) is 43.0 Å². The van der Waals surface area contributed by atoms with E-state index in [9.17, 15) is 0 Å². The predicted molar refractivity (Wildman–Crippen MR) is 87.0 cm³/mol. The van der Waals surface area contributed by atoms with Crippen LogP contribution < -0.4 is 5.73 Å². The Bertz CT molecular complexity index is 556. The molecule has 1 aromatic heterocycles. The quantitative estimate of drug-likeness (QED) is 0.786. The highest BCUT2D eigenvalue weighted by molar-refractivity contribution is 9.10. The molecule has 114 valence electrons. The normalized spacial score (nSPS) is 12.5. The Labute approximate surface area is 134 Å². The van der Waals surface area contributed by atoms with E-state index in [-0.39, 0.29) is 0 Å². The zero-order valence-electron chi connectivity index (χ0n) is 12.4. The monoisotopic (exact) mass is 351 g/mol. The van der Waals surface area contributed by atoms with Crippen molar-refractivity contribution in [1.29, 1.82) is 0 Å². The molecule has 1 heterocycles. The summed E-state index contributed by atoms with van der Waals surface area (Å²) in [5.74, 6) is 2.13. The molecule has 0 aliphatic rings. The number of aromatic nitrogens is 2. The smallest absolute Gasteiger partial charge is 0.226 e. The van der Waals surface area contributed by atoms with Crippen molar-refractivity contribution >= 4 is 15.9 Å². The van der Waals surface area contributed by atoms with Crippen molar-refractivity contribution in [3.63, 3.8) is 0 Å². The Hall–Kier alpha value is -1.20. The van der Waals surface area contributed by atoms with Crippen LogP contribution in [0.4, 0.5) is 0 Å². The molecule has 1 aromatic carbocycles. The van der Waals surface area contributed by atoms with E-state index in [2.05, 4.69) is 45.1 Å². The molecule has 0 amide bonds. The second kappa shape index (κ2) is 8.29. The van der Waals surface area contributed by atoms with Crippen LogP contribution in [0.1, 0.15) is 43.5 Å². The highest BCUT2D eigenvalue weighted by Gasteiger charge is 2.11. The Kier molecular flexibility index (Phi) is 6.39. The number of aryl methyl sites for hydroxylation is 1. The molecule has 2 rings (SSSR count). The second-order valence-corrected chi connectivity index (χ2v) is 6.22. The lowest BCUT2D eigenvalue weighted by Crippen LogP contribution is -2.09. The van der Waals surface area contributed by atoms with Crippen molar-refractivity contribution in [2.45, 2.75) is 39.0 Å². The summed E-state index contributed by atoms with van der Waals surface area (Å²) >= 11 is 3.47. The van der Waals surface area contributed by atoms with Gasteiger partial charge in [0.2, 0.25) is 5.89 Å². The maximum atomic E-state index is 5.62. The molecule has 1 atom stereocenters. The molecular formula is C16H22BrN3O. The summed E-state index contributed by atoms with van der Waals surface area (Å²) in [5, 5.41) is 4.06. The summed E-state index contributed by atoms with van der Waals surface area (Å²) in [6.07, 6.45) is 4.81. The standard InChI is InChI=1S/C16H22BrN3O/c1-2-12(8-9-18)6-7-16-19-15(20-21-16)11-13-4-3-5-14(17)10-13/h3-5,10,12H,2,6-9,11,18H2,1H3. The van der Waals surface area contributed by atoms with Gasteiger partial charge in [0, 0.05) is 17.3 Å². The largest absolute Gasteiger partial charge is 0.339 e. The summed E-state index contributed by atoms with van der Waals surface area (Å²) in [4.78, 5) is 4.48. The summed E-state index contributed by atoms with van der Waals surface area (Å²) in [6, 6.07) is 8.16. The van der Waals surface area contributed by atoms with E-state index in [1.807, 2.05) is 12.1 Å². The van der Waals surface area contributed by atoms with Crippen LogP contribution in [-0.4, -0.2) is 16.7 Å². The highest BCUT2D eigenvalue weighted by atomic mass is 79.9. The lowest BCUT2D eigenvalue weighted by molar-refractivity contribution is 0.351. The zero-order valence-corrected chi connectivity index (χ0v) is 14.0. The SMILES string of the molecule is CCC(CCN)CCc1nc(Cc2cccc(Br)c2)no1. The maximum Gasteiger partial charge on any atom is 0.226 e. The third-order valence-electron chi connectivity index (χ3n) is 3.68. The van der Waals surface area contributed by atoms with Crippen LogP contribution in [0.25, 0.3) is 0 Å². The molecule has 1 unspecified atom stereocenters. The van der Waals surface area contributed by atoms with E-state index in [4.69, 9.17) is 10.3 Å². The highest BCUT2D eigenvalue weighted by Crippen LogP contribution is 2.17. The molecule has 2 N–H and O–H groups in total. The Morgan fingerprint density at radius 1 is 1.33 bits per heavy atom. The van der Waals surface area contributed by atoms with Crippen molar-refractivity contribution in [2.75, 3.05) is 6.54 Å². The maximum absolute atomic E-state index is 5.62. The van der Waals surface area contributed by atoms with Gasteiger partial charge in [-0.3, -0.25) is 0 Å². The molecule has 0 aliphatic carbocycles. The van der Waals surface area contributed by atoms with Crippen LogP contribution in [0, 0.1) is 5.92 Å². The molecule has 0 aliphatic heterocycles. The molecule has 2 aromatic rings. The number of rotatable bonds is 8. The van der Waals surface area contributed by atoms with Gasteiger partial charge in [-0.25, -0.2) is 0 Å². The lowest BCUT2D eigenvalue weighted by atomic mass is 9.97. The minimum atomic E-state index is 0.649. The van der Waals surface area contributed by atoms with Gasteiger partial charge < -0.3 is 10.3 Å². The number of halogens is 1. The van der Waals surface area contributed by atoms with Gasteiger partial charge in [0.1, 0.15) is 0 Å². The van der Waals surface area contributed by atoms with Gasteiger partial charge in [-0.15, -0.1) is 0 Å². The van der Waals surface area contributed by atoms with Gasteiger partial charge >= 0.3 is 0 Å². The van der Waals surface area contributed by atoms with E-state index in [1.54, 1.807) is 0 Å². The van der Waals surface area contributed by atoms with Crippen LogP contribution in [0.15, 0.2) is 33.3 Å². The molecule has 21 heavy (non-hydrogen) atoms. The fraction of sp³-hybridized carbons (Fsp3) is 0.500. The van der Waals surface area contributed by atoms with Crippen LogP contribution in [0.2, 0.25) is 0 Å². The first-order valence-corrected chi connectivity index (χ1v) is 8.26. The summed E-state index contributed by atoms with van der Waals surface area (Å²) in [6.45, 7) is 2.95. The number of hydrogen-bond donors (Lipinski definition) is 1. The van der Waals surface area contributed by atoms with Crippen LogP contribution in [0.3, 0.4) is 0 Å². The van der Waals surface area contributed by atoms with Crippen LogP contribution in [-0.2, 0) is 12.8 Å². The number of benzene rings is 1. The minimum Gasteiger partial charge on any atom is -0.339 e. The predicted octanol–water partition coefficient (Wildman–Crippen LogP) is 3.73. The van der Waals surface area contributed by atoms with E-state index in [0.717, 1.165) is 48.4 Å². The molecule has 0 bridgehead atoms. The van der Waals surface area contributed by atoms with E-state index in [0.29, 0.717) is 12.3 Å². The molecule has 0 radical (unpaired) electrons. The van der Waals surface area contributed by atoms with Crippen molar-refractivity contribution in [3.8, 4) is 0 Å². The molecule has 0 fully saturated rings. The van der Waals surface area contributed by atoms with Gasteiger partial charge in [-0.2, -0.15) is 4.98 Å². The third-order valence-corrected chi connectivity index (χ3v) is 4.17. The van der Waals surface area contributed by atoms with E-state index < -0.39 is 0 Å². The summed E-state index contributed by atoms with van der Waals surface area (Å²) in [5.41, 5.74) is 6.79. The Balaban J connectivity index is 1.89. The van der Waals surface area contributed by atoms with Gasteiger partial charge in [0.25, 0.3) is 0 Å². The first-order chi connectivity index (χ1) is 10.2. The van der Waals surface area contributed by atoms with Crippen molar-refractivity contribution < 1.29 is 4.52 Å². The van der Waals surface area contributed by atoms with Crippen molar-refractivity contribution in [1.82, 2.24) is 10.1 Å². The molecule has 0 spiro atoms. The lowest BCUT2D eigenvalue weighted by Gasteiger charge is -2.11.